The monoisotopic (exact) mass is 211 g/mol. The molecule has 2 unspecified atom stereocenters. The second-order valence-corrected chi connectivity index (χ2v) is 5.23. The Kier molecular flexibility index (Phi) is 4.45. The van der Waals surface area contributed by atoms with Crippen LogP contribution in [-0.2, 0) is 4.74 Å². The molecule has 0 spiro atoms. The van der Waals surface area contributed by atoms with E-state index in [9.17, 15) is 0 Å². The SMILES string of the molecule is CNCC(CC1CCCO1)C1CCCC1. The van der Waals surface area contributed by atoms with Gasteiger partial charge < -0.3 is 10.1 Å². The van der Waals surface area contributed by atoms with Gasteiger partial charge in [0.2, 0.25) is 0 Å². The molecule has 2 nitrogen and oxygen atoms in total. The highest BCUT2D eigenvalue weighted by Crippen LogP contribution is 2.35. The van der Waals surface area contributed by atoms with Crippen molar-refractivity contribution in [3.05, 3.63) is 0 Å². The molecule has 1 saturated carbocycles. The van der Waals surface area contributed by atoms with Crippen molar-refractivity contribution in [1.82, 2.24) is 5.32 Å². The Morgan fingerprint density at radius 1 is 1.20 bits per heavy atom. The quantitative estimate of drug-likeness (QED) is 0.754. The molecule has 0 aromatic carbocycles. The van der Waals surface area contributed by atoms with Gasteiger partial charge in [-0.05, 0) is 44.7 Å². The molecular weight excluding hydrogens is 186 g/mol. The molecule has 2 atom stereocenters. The number of rotatable bonds is 5. The third-order valence-corrected chi connectivity index (χ3v) is 4.12. The van der Waals surface area contributed by atoms with E-state index in [-0.39, 0.29) is 0 Å². The zero-order chi connectivity index (χ0) is 10.5. The van der Waals surface area contributed by atoms with Gasteiger partial charge in [0, 0.05) is 6.61 Å². The summed E-state index contributed by atoms with van der Waals surface area (Å²) in [5.41, 5.74) is 0. The minimum absolute atomic E-state index is 0.573. The maximum atomic E-state index is 5.76. The lowest BCUT2D eigenvalue weighted by Crippen LogP contribution is -2.28. The van der Waals surface area contributed by atoms with Crippen LogP contribution in [0.5, 0.6) is 0 Å². The molecule has 2 aliphatic rings. The Hall–Kier alpha value is -0.0800. The summed E-state index contributed by atoms with van der Waals surface area (Å²) in [6, 6.07) is 0. The van der Waals surface area contributed by atoms with Crippen molar-refractivity contribution in [3.8, 4) is 0 Å². The lowest BCUT2D eigenvalue weighted by molar-refractivity contribution is 0.0794. The van der Waals surface area contributed by atoms with E-state index in [0.29, 0.717) is 6.10 Å². The first-order valence-electron chi connectivity index (χ1n) is 6.66. The average molecular weight is 211 g/mol. The van der Waals surface area contributed by atoms with Crippen molar-refractivity contribution in [2.45, 2.75) is 51.0 Å². The average Bonchev–Trinajstić information content (AvgIpc) is 2.89. The third kappa shape index (κ3) is 3.18. The van der Waals surface area contributed by atoms with Gasteiger partial charge >= 0.3 is 0 Å². The van der Waals surface area contributed by atoms with Gasteiger partial charge in [0.05, 0.1) is 6.10 Å². The van der Waals surface area contributed by atoms with Crippen molar-refractivity contribution < 1.29 is 4.74 Å². The summed E-state index contributed by atoms with van der Waals surface area (Å²) in [7, 11) is 2.08. The first-order valence-corrected chi connectivity index (χ1v) is 6.66. The predicted molar refractivity (Wildman–Crippen MR) is 63.0 cm³/mol. The summed E-state index contributed by atoms with van der Waals surface area (Å²) in [6.45, 7) is 2.19. The van der Waals surface area contributed by atoms with Crippen LogP contribution in [-0.4, -0.2) is 26.3 Å². The highest BCUT2D eigenvalue weighted by Gasteiger charge is 2.28. The van der Waals surface area contributed by atoms with Crippen molar-refractivity contribution in [2.24, 2.45) is 11.8 Å². The molecule has 1 saturated heterocycles. The van der Waals surface area contributed by atoms with Crippen LogP contribution in [0.25, 0.3) is 0 Å². The van der Waals surface area contributed by atoms with Crippen LogP contribution >= 0.6 is 0 Å². The first-order chi connectivity index (χ1) is 7.40. The fraction of sp³-hybridized carbons (Fsp3) is 1.00. The Balaban J connectivity index is 1.81. The van der Waals surface area contributed by atoms with E-state index in [4.69, 9.17) is 4.74 Å². The van der Waals surface area contributed by atoms with Gasteiger partial charge in [0.1, 0.15) is 0 Å². The first kappa shape index (κ1) is 11.4. The Bertz CT molecular complexity index is 171. The van der Waals surface area contributed by atoms with Crippen LogP contribution in [0.15, 0.2) is 0 Å². The van der Waals surface area contributed by atoms with Crippen molar-refractivity contribution >= 4 is 0 Å². The fourth-order valence-electron chi connectivity index (χ4n) is 3.30. The zero-order valence-corrected chi connectivity index (χ0v) is 10.0. The highest BCUT2D eigenvalue weighted by atomic mass is 16.5. The van der Waals surface area contributed by atoms with Crippen LogP contribution in [0.2, 0.25) is 0 Å². The summed E-state index contributed by atoms with van der Waals surface area (Å²) in [5, 5.41) is 3.36. The van der Waals surface area contributed by atoms with Crippen LogP contribution < -0.4 is 5.32 Å². The molecule has 0 aromatic rings. The summed E-state index contributed by atoms with van der Waals surface area (Å²) in [5.74, 6) is 1.84. The van der Waals surface area contributed by atoms with Crippen LogP contribution in [0, 0.1) is 11.8 Å². The summed E-state index contributed by atoms with van der Waals surface area (Å²) in [6.07, 6.45) is 10.3. The highest BCUT2D eigenvalue weighted by molar-refractivity contribution is 4.80. The molecule has 15 heavy (non-hydrogen) atoms. The van der Waals surface area contributed by atoms with Crippen molar-refractivity contribution in [3.63, 3.8) is 0 Å². The fourth-order valence-corrected chi connectivity index (χ4v) is 3.30. The maximum absolute atomic E-state index is 5.76. The molecule has 1 aliphatic heterocycles. The number of ether oxygens (including phenoxy) is 1. The zero-order valence-electron chi connectivity index (χ0n) is 10.0. The predicted octanol–water partition coefficient (Wildman–Crippen LogP) is 2.58. The second-order valence-electron chi connectivity index (χ2n) is 5.23. The van der Waals surface area contributed by atoms with Gasteiger partial charge in [-0.3, -0.25) is 0 Å². The Labute approximate surface area is 93.8 Å². The normalized spacial score (nSPS) is 29.8. The van der Waals surface area contributed by atoms with E-state index in [1.54, 1.807) is 0 Å². The molecule has 0 radical (unpaired) electrons. The Morgan fingerprint density at radius 2 is 2.00 bits per heavy atom. The van der Waals surface area contributed by atoms with E-state index in [0.717, 1.165) is 18.4 Å². The molecule has 1 aliphatic carbocycles. The molecule has 0 bridgehead atoms. The minimum atomic E-state index is 0.573. The molecule has 0 amide bonds. The summed E-state index contributed by atoms with van der Waals surface area (Å²) >= 11 is 0. The molecule has 2 heteroatoms. The number of nitrogens with one attached hydrogen (secondary N) is 1. The van der Waals surface area contributed by atoms with Crippen molar-refractivity contribution in [1.29, 1.82) is 0 Å². The van der Waals surface area contributed by atoms with Gasteiger partial charge in [-0.1, -0.05) is 25.7 Å². The van der Waals surface area contributed by atoms with E-state index >= 15 is 0 Å². The molecular formula is C13H25NO. The topological polar surface area (TPSA) is 21.3 Å². The molecule has 0 aromatic heterocycles. The minimum Gasteiger partial charge on any atom is -0.378 e. The van der Waals surface area contributed by atoms with Crippen LogP contribution in [0.4, 0.5) is 0 Å². The summed E-state index contributed by atoms with van der Waals surface area (Å²) in [4.78, 5) is 0. The van der Waals surface area contributed by atoms with Crippen LogP contribution in [0.3, 0.4) is 0 Å². The standard InChI is InChI=1S/C13H25NO/c1-14-10-12(11-5-2-3-6-11)9-13-7-4-8-15-13/h11-14H,2-10H2,1H3. The van der Waals surface area contributed by atoms with Crippen molar-refractivity contribution in [2.75, 3.05) is 20.2 Å². The molecule has 1 heterocycles. The van der Waals surface area contributed by atoms with Gasteiger partial charge in [0.15, 0.2) is 0 Å². The molecule has 2 rings (SSSR count). The molecule has 88 valence electrons. The maximum Gasteiger partial charge on any atom is 0.0579 e. The lowest BCUT2D eigenvalue weighted by Gasteiger charge is -2.25. The van der Waals surface area contributed by atoms with Gasteiger partial charge in [-0.15, -0.1) is 0 Å². The molecule has 2 fully saturated rings. The molecule has 1 N–H and O–H groups in total. The smallest absolute Gasteiger partial charge is 0.0579 e. The number of hydrogen-bond donors (Lipinski definition) is 1. The third-order valence-electron chi connectivity index (χ3n) is 4.12. The Morgan fingerprint density at radius 3 is 2.60 bits per heavy atom. The summed E-state index contributed by atoms with van der Waals surface area (Å²) < 4.78 is 5.76. The van der Waals surface area contributed by atoms with Crippen LogP contribution in [0.1, 0.15) is 44.9 Å². The van der Waals surface area contributed by atoms with E-state index < -0.39 is 0 Å². The van der Waals surface area contributed by atoms with E-state index in [1.165, 1.54) is 51.5 Å². The largest absolute Gasteiger partial charge is 0.378 e. The van der Waals surface area contributed by atoms with E-state index in [1.807, 2.05) is 0 Å². The number of hydrogen-bond acceptors (Lipinski definition) is 2. The van der Waals surface area contributed by atoms with Gasteiger partial charge in [-0.2, -0.15) is 0 Å². The second kappa shape index (κ2) is 5.86. The lowest BCUT2D eigenvalue weighted by atomic mass is 9.85. The van der Waals surface area contributed by atoms with E-state index in [2.05, 4.69) is 12.4 Å². The van der Waals surface area contributed by atoms with Gasteiger partial charge in [0.25, 0.3) is 0 Å². The van der Waals surface area contributed by atoms with Gasteiger partial charge in [-0.25, -0.2) is 0 Å².